The van der Waals surface area contributed by atoms with Gasteiger partial charge in [-0.3, -0.25) is 14.6 Å². The molecule has 2 fully saturated rings. The number of piperidine rings is 1. The molecule has 1 saturated carbocycles. The second-order valence-corrected chi connectivity index (χ2v) is 8.93. The van der Waals surface area contributed by atoms with Crippen molar-refractivity contribution in [2.24, 2.45) is 5.92 Å². The predicted octanol–water partition coefficient (Wildman–Crippen LogP) is -0.169. The number of aryl methyl sites for hydroxylation is 1. The van der Waals surface area contributed by atoms with Gasteiger partial charge in [0, 0.05) is 24.8 Å². The highest BCUT2D eigenvalue weighted by Gasteiger charge is 2.36. The van der Waals surface area contributed by atoms with Crippen LogP contribution in [0.15, 0.2) is 14.5 Å². The number of carbonyl (C=O) groups is 1. The maximum atomic E-state index is 12.9. The Morgan fingerprint density at radius 1 is 1.12 bits per heavy atom. The van der Waals surface area contributed by atoms with E-state index >= 15 is 0 Å². The van der Waals surface area contributed by atoms with Crippen molar-refractivity contribution in [2.75, 3.05) is 13.1 Å². The van der Waals surface area contributed by atoms with E-state index in [1.807, 2.05) is 4.98 Å². The molecule has 2 aliphatic rings. The van der Waals surface area contributed by atoms with Crippen LogP contribution in [0.3, 0.4) is 0 Å². The lowest BCUT2D eigenvalue weighted by Crippen LogP contribution is -2.48. The number of carbonyl (C=O) groups excluding carboxylic acids is 1. The van der Waals surface area contributed by atoms with E-state index in [-0.39, 0.29) is 30.7 Å². The van der Waals surface area contributed by atoms with Gasteiger partial charge in [-0.15, -0.1) is 0 Å². The first-order chi connectivity index (χ1) is 12.3. The molecule has 1 aliphatic carbocycles. The van der Waals surface area contributed by atoms with Crippen LogP contribution in [0, 0.1) is 12.8 Å². The largest absolute Gasteiger partial charge is 0.353 e. The van der Waals surface area contributed by atoms with Gasteiger partial charge in [0.2, 0.25) is 15.9 Å². The van der Waals surface area contributed by atoms with Gasteiger partial charge in [-0.25, -0.2) is 13.2 Å². The third-order valence-electron chi connectivity index (χ3n) is 5.13. The Hall–Kier alpha value is -1.94. The summed E-state index contributed by atoms with van der Waals surface area (Å²) in [6.45, 7) is 1.66. The number of nitrogens with zero attached hydrogens (tertiary/aromatic N) is 1. The van der Waals surface area contributed by atoms with E-state index in [2.05, 4.69) is 10.3 Å². The van der Waals surface area contributed by atoms with Crippen LogP contribution in [0.1, 0.15) is 44.2 Å². The van der Waals surface area contributed by atoms with Gasteiger partial charge in [-0.2, -0.15) is 4.31 Å². The van der Waals surface area contributed by atoms with Crippen molar-refractivity contribution in [3.63, 3.8) is 0 Å². The van der Waals surface area contributed by atoms with E-state index in [0.29, 0.717) is 12.8 Å². The van der Waals surface area contributed by atoms with Gasteiger partial charge < -0.3 is 10.3 Å². The molecular weight excluding hydrogens is 360 g/mol. The van der Waals surface area contributed by atoms with E-state index in [1.165, 1.54) is 11.2 Å². The van der Waals surface area contributed by atoms with E-state index < -0.39 is 32.1 Å². The van der Waals surface area contributed by atoms with E-state index in [0.717, 1.165) is 25.7 Å². The predicted molar refractivity (Wildman–Crippen MR) is 94.3 cm³/mol. The van der Waals surface area contributed by atoms with Crippen molar-refractivity contribution in [3.8, 4) is 0 Å². The molecule has 0 radical (unpaired) electrons. The maximum absolute atomic E-state index is 12.9. The van der Waals surface area contributed by atoms with Crippen LogP contribution in [-0.4, -0.2) is 47.7 Å². The maximum Gasteiger partial charge on any atom is 0.325 e. The van der Waals surface area contributed by atoms with Crippen molar-refractivity contribution in [1.82, 2.24) is 19.6 Å². The molecule has 0 bridgehead atoms. The van der Waals surface area contributed by atoms with Crippen LogP contribution in [0.4, 0.5) is 0 Å². The lowest BCUT2D eigenvalue weighted by Gasteiger charge is -2.31. The fraction of sp³-hybridized carbons (Fsp3) is 0.688. The molecule has 10 heteroatoms. The number of aromatic nitrogens is 2. The number of rotatable bonds is 4. The van der Waals surface area contributed by atoms with Crippen LogP contribution >= 0.6 is 0 Å². The minimum Gasteiger partial charge on any atom is -0.353 e. The van der Waals surface area contributed by atoms with Crippen LogP contribution < -0.4 is 16.6 Å². The zero-order chi connectivity index (χ0) is 18.9. The van der Waals surface area contributed by atoms with Gasteiger partial charge in [0.1, 0.15) is 0 Å². The Bertz CT molecular complexity index is 898. The molecule has 1 atom stereocenters. The van der Waals surface area contributed by atoms with Crippen molar-refractivity contribution < 1.29 is 13.2 Å². The van der Waals surface area contributed by atoms with Crippen molar-refractivity contribution in [1.29, 1.82) is 0 Å². The molecule has 26 heavy (non-hydrogen) atoms. The summed E-state index contributed by atoms with van der Waals surface area (Å²) >= 11 is 0. The molecule has 1 aromatic heterocycles. The van der Waals surface area contributed by atoms with Gasteiger partial charge in [0.25, 0.3) is 5.56 Å². The summed E-state index contributed by atoms with van der Waals surface area (Å²) in [5, 5.41) is 3.01. The Balaban J connectivity index is 1.79. The van der Waals surface area contributed by atoms with Crippen molar-refractivity contribution in [3.05, 3.63) is 26.5 Å². The molecule has 3 N–H and O–H groups in total. The molecule has 144 valence electrons. The second kappa shape index (κ2) is 7.36. The first-order valence-corrected chi connectivity index (χ1v) is 10.4. The van der Waals surface area contributed by atoms with Crippen LogP contribution in [0.25, 0.3) is 0 Å². The zero-order valence-electron chi connectivity index (χ0n) is 14.7. The number of nitrogens with one attached hydrogen (secondary N) is 3. The van der Waals surface area contributed by atoms with Gasteiger partial charge >= 0.3 is 5.69 Å². The molecule has 9 nitrogen and oxygen atoms in total. The molecule has 1 unspecified atom stereocenters. The lowest BCUT2D eigenvalue weighted by molar-refractivity contribution is -0.126. The van der Waals surface area contributed by atoms with Gasteiger partial charge in [-0.05, 0) is 32.6 Å². The molecule has 1 amide bonds. The number of hydrogen-bond donors (Lipinski definition) is 3. The Labute approximate surface area is 151 Å². The first-order valence-electron chi connectivity index (χ1n) is 8.93. The number of sulfonamides is 1. The van der Waals surface area contributed by atoms with Gasteiger partial charge in [-0.1, -0.05) is 12.8 Å². The Morgan fingerprint density at radius 3 is 2.46 bits per heavy atom. The molecule has 1 aliphatic heterocycles. The van der Waals surface area contributed by atoms with Gasteiger partial charge in [0.05, 0.1) is 5.92 Å². The second-order valence-electron chi connectivity index (χ2n) is 7.05. The highest BCUT2D eigenvalue weighted by molar-refractivity contribution is 7.89. The Kier molecular flexibility index (Phi) is 5.33. The Morgan fingerprint density at radius 2 is 1.81 bits per heavy atom. The van der Waals surface area contributed by atoms with Crippen LogP contribution in [0.5, 0.6) is 0 Å². The third kappa shape index (κ3) is 3.75. The summed E-state index contributed by atoms with van der Waals surface area (Å²) in [7, 11) is -4.09. The fourth-order valence-corrected chi connectivity index (χ4v) is 5.52. The normalized spacial score (nSPS) is 22.4. The highest BCUT2D eigenvalue weighted by atomic mass is 32.2. The summed E-state index contributed by atoms with van der Waals surface area (Å²) in [6, 6.07) is 0.179. The minimum atomic E-state index is -4.09. The summed E-state index contributed by atoms with van der Waals surface area (Å²) in [6.07, 6.45) is 5.29. The van der Waals surface area contributed by atoms with Crippen LogP contribution in [0.2, 0.25) is 0 Å². The SMILES string of the molecule is Cc1[nH]c(=O)[nH]c(=O)c1S(=O)(=O)N1CCCC(C(=O)NC2CCCC2)C1. The number of aromatic amines is 2. The van der Waals surface area contributed by atoms with E-state index in [1.54, 1.807) is 0 Å². The molecular formula is C16H24N4O5S. The average molecular weight is 384 g/mol. The first kappa shape index (κ1) is 18.8. The lowest BCUT2D eigenvalue weighted by atomic mass is 9.98. The summed E-state index contributed by atoms with van der Waals surface area (Å²) in [5.41, 5.74) is -1.70. The molecule has 0 aromatic carbocycles. The quantitative estimate of drug-likeness (QED) is 0.663. The zero-order valence-corrected chi connectivity index (χ0v) is 15.5. The van der Waals surface area contributed by atoms with Crippen molar-refractivity contribution in [2.45, 2.75) is 56.4 Å². The summed E-state index contributed by atoms with van der Waals surface area (Å²) in [5.74, 6) is -0.551. The number of amides is 1. The highest BCUT2D eigenvalue weighted by Crippen LogP contribution is 2.24. The summed E-state index contributed by atoms with van der Waals surface area (Å²) < 4.78 is 27.0. The smallest absolute Gasteiger partial charge is 0.325 e. The molecule has 3 rings (SSSR count). The summed E-state index contributed by atoms with van der Waals surface area (Å²) in [4.78, 5) is 39.6. The molecule has 2 heterocycles. The molecule has 0 spiro atoms. The standard InChI is InChI=1S/C16H24N4O5S/c1-10-13(15(22)19-16(23)17-10)26(24,25)20-8-4-5-11(9-20)14(21)18-12-6-2-3-7-12/h11-12H,2-9H2,1H3,(H,18,21)(H2,17,19,22,23). The van der Waals surface area contributed by atoms with E-state index in [4.69, 9.17) is 0 Å². The topological polar surface area (TPSA) is 132 Å². The minimum absolute atomic E-state index is 0.00344. The molecule has 1 aromatic rings. The van der Waals surface area contributed by atoms with E-state index in [9.17, 15) is 22.8 Å². The van der Waals surface area contributed by atoms with Crippen LogP contribution in [-0.2, 0) is 14.8 Å². The van der Waals surface area contributed by atoms with Gasteiger partial charge in [0.15, 0.2) is 4.90 Å². The monoisotopic (exact) mass is 384 g/mol. The molecule has 1 saturated heterocycles. The number of hydrogen-bond acceptors (Lipinski definition) is 5. The fourth-order valence-electron chi connectivity index (χ4n) is 3.79. The average Bonchev–Trinajstić information content (AvgIpc) is 3.06. The third-order valence-corrected chi connectivity index (χ3v) is 7.15. The number of H-pyrrole nitrogens is 2. The van der Waals surface area contributed by atoms with Crippen molar-refractivity contribution >= 4 is 15.9 Å².